The van der Waals surface area contributed by atoms with E-state index in [2.05, 4.69) is 22.5 Å². The Labute approximate surface area is 121 Å². The third kappa shape index (κ3) is 3.95. The van der Waals surface area contributed by atoms with Crippen LogP contribution >= 0.6 is 0 Å². The number of nitrogens with zero attached hydrogens (tertiary/aromatic N) is 1. The lowest BCUT2D eigenvalue weighted by Gasteiger charge is -2.28. The van der Waals surface area contributed by atoms with Gasteiger partial charge in [0, 0.05) is 25.0 Å². The van der Waals surface area contributed by atoms with Crippen molar-refractivity contribution in [1.82, 2.24) is 10.3 Å². The Morgan fingerprint density at radius 3 is 2.75 bits per heavy atom. The van der Waals surface area contributed by atoms with Crippen LogP contribution in [-0.2, 0) is 0 Å². The molecule has 0 atom stereocenters. The van der Waals surface area contributed by atoms with Crippen molar-refractivity contribution in [2.24, 2.45) is 5.92 Å². The van der Waals surface area contributed by atoms with Crippen molar-refractivity contribution in [3.05, 3.63) is 24.0 Å². The van der Waals surface area contributed by atoms with Crippen LogP contribution in [0.25, 0.3) is 0 Å². The minimum Gasteiger partial charge on any atom is -0.388 e. The van der Waals surface area contributed by atoms with Gasteiger partial charge in [-0.3, -0.25) is 9.78 Å². The minimum atomic E-state index is -0.0546. The molecule has 1 aromatic rings. The Bertz CT molecular complexity index is 439. The molecule has 0 radical (unpaired) electrons. The Hall–Kier alpha value is -1.58. The molecule has 4 nitrogen and oxygen atoms in total. The predicted molar refractivity (Wildman–Crippen MR) is 81.9 cm³/mol. The molecule has 0 unspecified atom stereocenters. The number of amides is 1. The van der Waals surface area contributed by atoms with Gasteiger partial charge in [-0.05, 0) is 43.7 Å². The number of nitrogens with one attached hydrogen (secondary N) is 2. The SMILES string of the molecule is CCCC1CCC(NC(=O)c2cc(NC)ccn2)CC1. The second kappa shape index (κ2) is 7.27. The maximum Gasteiger partial charge on any atom is 0.270 e. The van der Waals surface area contributed by atoms with Gasteiger partial charge in [0.05, 0.1) is 0 Å². The predicted octanol–water partition coefficient (Wildman–Crippen LogP) is 3.21. The molecule has 1 amide bonds. The molecule has 0 aromatic carbocycles. The van der Waals surface area contributed by atoms with Crippen LogP contribution in [0.4, 0.5) is 5.69 Å². The molecule has 0 bridgehead atoms. The zero-order valence-electron chi connectivity index (χ0n) is 12.5. The smallest absolute Gasteiger partial charge is 0.270 e. The van der Waals surface area contributed by atoms with Gasteiger partial charge in [0.2, 0.25) is 0 Å². The van der Waals surface area contributed by atoms with E-state index in [9.17, 15) is 4.79 Å². The summed E-state index contributed by atoms with van der Waals surface area (Å²) in [5.41, 5.74) is 1.41. The largest absolute Gasteiger partial charge is 0.388 e. The first-order valence-electron chi connectivity index (χ1n) is 7.67. The van der Waals surface area contributed by atoms with Crippen LogP contribution in [0.2, 0.25) is 0 Å². The Kier molecular flexibility index (Phi) is 5.39. The first kappa shape index (κ1) is 14.8. The van der Waals surface area contributed by atoms with Crippen molar-refractivity contribution in [3.63, 3.8) is 0 Å². The van der Waals surface area contributed by atoms with Gasteiger partial charge in [0.1, 0.15) is 5.69 Å². The van der Waals surface area contributed by atoms with E-state index in [1.165, 1.54) is 25.7 Å². The molecule has 4 heteroatoms. The fourth-order valence-corrected chi connectivity index (χ4v) is 2.97. The summed E-state index contributed by atoms with van der Waals surface area (Å²) in [5.74, 6) is 0.805. The lowest BCUT2D eigenvalue weighted by atomic mass is 9.83. The standard InChI is InChI=1S/C16H25N3O/c1-3-4-12-5-7-13(8-6-12)19-16(20)15-11-14(17-2)9-10-18-15/h9-13H,3-8H2,1-2H3,(H,17,18)(H,19,20). The number of aromatic nitrogens is 1. The minimum absolute atomic E-state index is 0.0546. The van der Waals surface area contributed by atoms with E-state index in [0.717, 1.165) is 24.4 Å². The van der Waals surface area contributed by atoms with Gasteiger partial charge in [-0.25, -0.2) is 0 Å². The van der Waals surface area contributed by atoms with Crippen LogP contribution < -0.4 is 10.6 Å². The lowest BCUT2D eigenvalue weighted by Crippen LogP contribution is -2.38. The van der Waals surface area contributed by atoms with Crippen molar-refractivity contribution in [1.29, 1.82) is 0 Å². The number of rotatable bonds is 5. The monoisotopic (exact) mass is 275 g/mol. The Morgan fingerprint density at radius 1 is 1.35 bits per heavy atom. The highest BCUT2D eigenvalue weighted by Gasteiger charge is 2.22. The Morgan fingerprint density at radius 2 is 2.10 bits per heavy atom. The topological polar surface area (TPSA) is 54.0 Å². The van der Waals surface area contributed by atoms with Gasteiger partial charge in [-0.2, -0.15) is 0 Å². The van der Waals surface area contributed by atoms with Crippen molar-refractivity contribution >= 4 is 11.6 Å². The molecule has 2 N–H and O–H groups in total. The van der Waals surface area contributed by atoms with Gasteiger partial charge in [-0.15, -0.1) is 0 Å². The van der Waals surface area contributed by atoms with E-state index >= 15 is 0 Å². The second-order valence-electron chi connectivity index (χ2n) is 5.66. The quantitative estimate of drug-likeness (QED) is 0.867. The molecular weight excluding hydrogens is 250 g/mol. The normalized spacial score (nSPS) is 22.3. The molecule has 0 aliphatic heterocycles. The molecule has 1 saturated carbocycles. The summed E-state index contributed by atoms with van der Waals surface area (Å²) in [6, 6.07) is 3.96. The fraction of sp³-hybridized carbons (Fsp3) is 0.625. The zero-order valence-corrected chi connectivity index (χ0v) is 12.5. The number of carbonyl (C=O) groups excluding carboxylic acids is 1. The van der Waals surface area contributed by atoms with E-state index in [-0.39, 0.29) is 5.91 Å². The molecule has 1 fully saturated rings. The molecular formula is C16H25N3O. The van der Waals surface area contributed by atoms with Crippen molar-refractivity contribution in [3.8, 4) is 0 Å². The van der Waals surface area contributed by atoms with E-state index in [1.54, 1.807) is 12.3 Å². The van der Waals surface area contributed by atoms with E-state index < -0.39 is 0 Å². The van der Waals surface area contributed by atoms with Crippen LogP contribution in [0, 0.1) is 5.92 Å². The number of pyridine rings is 1. The van der Waals surface area contributed by atoms with Crippen molar-refractivity contribution in [2.45, 2.75) is 51.5 Å². The second-order valence-corrected chi connectivity index (χ2v) is 5.66. The van der Waals surface area contributed by atoms with Gasteiger partial charge in [0.15, 0.2) is 0 Å². The highest BCUT2D eigenvalue weighted by molar-refractivity contribution is 5.93. The average molecular weight is 275 g/mol. The van der Waals surface area contributed by atoms with Crippen LogP contribution in [0.3, 0.4) is 0 Å². The number of anilines is 1. The lowest BCUT2D eigenvalue weighted by molar-refractivity contribution is 0.0916. The van der Waals surface area contributed by atoms with Crippen molar-refractivity contribution < 1.29 is 4.79 Å². The Balaban J connectivity index is 1.86. The maximum atomic E-state index is 12.2. The van der Waals surface area contributed by atoms with Crippen molar-refractivity contribution in [2.75, 3.05) is 12.4 Å². The number of hydrogen-bond donors (Lipinski definition) is 2. The summed E-state index contributed by atoms with van der Waals surface area (Å²) < 4.78 is 0. The van der Waals surface area contributed by atoms with Gasteiger partial charge < -0.3 is 10.6 Å². The van der Waals surface area contributed by atoms with Crippen LogP contribution in [0.5, 0.6) is 0 Å². The average Bonchev–Trinajstić information content (AvgIpc) is 2.49. The zero-order chi connectivity index (χ0) is 14.4. The van der Waals surface area contributed by atoms with Gasteiger partial charge in [0.25, 0.3) is 5.91 Å². The summed E-state index contributed by atoms with van der Waals surface area (Å²) in [5, 5.41) is 6.15. The number of carbonyl (C=O) groups is 1. The molecule has 110 valence electrons. The van der Waals surface area contributed by atoms with E-state index in [4.69, 9.17) is 0 Å². The highest BCUT2D eigenvalue weighted by Crippen LogP contribution is 2.27. The summed E-state index contributed by atoms with van der Waals surface area (Å²) >= 11 is 0. The first-order valence-corrected chi connectivity index (χ1v) is 7.67. The summed E-state index contributed by atoms with van der Waals surface area (Å²) in [6.07, 6.45) is 8.93. The van der Waals surface area contributed by atoms with Gasteiger partial charge in [-0.1, -0.05) is 19.8 Å². The molecule has 0 spiro atoms. The van der Waals surface area contributed by atoms with E-state index in [1.807, 2.05) is 13.1 Å². The third-order valence-electron chi connectivity index (χ3n) is 4.16. The molecule has 0 saturated heterocycles. The summed E-state index contributed by atoms with van der Waals surface area (Å²) in [4.78, 5) is 16.3. The molecule has 2 rings (SSSR count). The third-order valence-corrected chi connectivity index (χ3v) is 4.16. The molecule has 1 aliphatic carbocycles. The first-order chi connectivity index (χ1) is 9.72. The molecule has 1 aliphatic rings. The maximum absolute atomic E-state index is 12.2. The number of hydrogen-bond acceptors (Lipinski definition) is 3. The fourth-order valence-electron chi connectivity index (χ4n) is 2.97. The van der Waals surface area contributed by atoms with Crippen LogP contribution in [0.1, 0.15) is 55.9 Å². The molecule has 20 heavy (non-hydrogen) atoms. The summed E-state index contributed by atoms with van der Waals surface area (Å²) in [6.45, 7) is 2.24. The highest BCUT2D eigenvalue weighted by atomic mass is 16.1. The molecule has 1 aromatic heterocycles. The van der Waals surface area contributed by atoms with Gasteiger partial charge >= 0.3 is 0 Å². The summed E-state index contributed by atoms with van der Waals surface area (Å²) in [7, 11) is 1.84. The van der Waals surface area contributed by atoms with Crippen LogP contribution in [0.15, 0.2) is 18.3 Å². The molecule has 1 heterocycles. The van der Waals surface area contributed by atoms with Crippen LogP contribution in [-0.4, -0.2) is 24.0 Å². The van der Waals surface area contributed by atoms with E-state index in [0.29, 0.717) is 11.7 Å².